The van der Waals surface area contributed by atoms with Crippen LogP contribution in [0.4, 0.5) is 0 Å². The van der Waals surface area contributed by atoms with Crippen molar-refractivity contribution in [3.8, 4) is 0 Å². The summed E-state index contributed by atoms with van der Waals surface area (Å²) < 4.78 is 0. The summed E-state index contributed by atoms with van der Waals surface area (Å²) in [6, 6.07) is 0. The SMILES string of the molecule is C[CH-]O.[CH3-].[Rf].[Rf].[W+2]. The smallest absolute Gasteiger partial charge is 0.566 e. The summed E-state index contributed by atoms with van der Waals surface area (Å²) in [7, 11) is 0. The van der Waals surface area contributed by atoms with Crippen LogP contribution in [0.15, 0.2) is 0 Å². The molecule has 0 atom stereocenters. The minimum Gasteiger partial charge on any atom is -0.566 e. The molecule has 0 unspecified atom stereocenters. The Morgan fingerprint density at radius 3 is 1.29 bits per heavy atom. The third kappa shape index (κ3) is 17.8. The van der Waals surface area contributed by atoms with Crippen molar-refractivity contribution in [2.24, 2.45) is 0 Å². The van der Waals surface area contributed by atoms with Gasteiger partial charge in [-0.05, 0) is 0 Å². The minimum absolute atomic E-state index is 0. The first-order valence-electron chi connectivity index (χ1n) is 0.836. The van der Waals surface area contributed by atoms with Crippen molar-refractivity contribution in [2.75, 3.05) is 0 Å². The van der Waals surface area contributed by atoms with E-state index in [0.29, 0.717) is 0 Å². The first-order valence-corrected chi connectivity index (χ1v) is 0.836. The molecular formula is C3H8ORf2W. The molecule has 0 amide bonds. The normalized spacial score (nSPS) is 2.57. The van der Waals surface area contributed by atoms with E-state index >= 15 is 0 Å². The number of hydrogen-bond donors (Lipinski definition) is 1. The zero-order valence-electron chi connectivity index (χ0n) is 4.85. The Morgan fingerprint density at radius 2 is 1.29 bits per heavy atom. The summed E-state index contributed by atoms with van der Waals surface area (Å²) in [6.07, 6.45) is 0. The zero-order valence-corrected chi connectivity index (χ0v) is 20.6. The fraction of sp³-hybridized carbons (Fsp3) is 0.333. The van der Waals surface area contributed by atoms with Crippen LogP contribution in [0.25, 0.3) is 0 Å². The maximum Gasteiger partial charge on any atom is 2.00 e. The van der Waals surface area contributed by atoms with Gasteiger partial charge in [0.05, 0.1) is 0 Å². The topological polar surface area (TPSA) is 20.2 Å². The monoisotopic (exact) mass is 778 g/mol. The third-order valence-electron chi connectivity index (χ3n) is 0. The summed E-state index contributed by atoms with van der Waals surface area (Å²) in [5.41, 5.74) is 0. The van der Waals surface area contributed by atoms with Crippen molar-refractivity contribution in [2.45, 2.75) is 6.92 Å². The molecule has 0 aliphatic heterocycles. The molecule has 0 aromatic carbocycles. The van der Waals surface area contributed by atoms with Crippen LogP contribution in [0.1, 0.15) is 6.92 Å². The van der Waals surface area contributed by atoms with Crippen LogP contribution < -0.4 is 0 Å². The molecule has 4 heteroatoms. The van der Waals surface area contributed by atoms with Crippen LogP contribution in [-0.4, -0.2) is 5.11 Å². The van der Waals surface area contributed by atoms with Crippen LogP contribution in [-0.2, 0) is 21.1 Å². The van der Waals surface area contributed by atoms with Gasteiger partial charge in [-0.3, -0.25) is 0 Å². The molecule has 0 aromatic rings. The molecule has 7 heavy (non-hydrogen) atoms. The molecule has 1 nitrogen and oxygen atoms in total. The third-order valence-corrected chi connectivity index (χ3v) is 0. The van der Waals surface area contributed by atoms with Crippen molar-refractivity contribution in [1.29, 1.82) is 0 Å². The van der Waals surface area contributed by atoms with Crippen LogP contribution >= 0.6 is 0 Å². The van der Waals surface area contributed by atoms with Crippen molar-refractivity contribution < 1.29 is 26.2 Å². The Kier molecular flexibility index (Phi) is 20700. The largest absolute Gasteiger partial charge is 2.00 e. The molecule has 0 fully saturated rings. The summed E-state index contributed by atoms with van der Waals surface area (Å²) >= 11 is 0. The van der Waals surface area contributed by atoms with Gasteiger partial charge in [-0.25, -0.2) is 6.61 Å². The molecule has 0 saturated carbocycles. The number of hydrogen-bond acceptors (Lipinski definition) is 1. The molecule has 0 bridgehead atoms. The minimum atomic E-state index is 0. The van der Waals surface area contributed by atoms with E-state index in [1.807, 2.05) is 0 Å². The molecule has 0 saturated heterocycles. The van der Waals surface area contributed by atoms with E-state index in [4.69, 9.17) is 5.11 Å². The Balaban J connectivity index is -0.00000000333. The molecule has 1 N–H and O–H groups in total. The van der Waals surface area contributed by atoms with Crippen molar-refractivity contribution >= 4 is 0 Å². The van der Waals surface area contributed by atoms with Crippen molar-refractivity contribution in [3.63, 3.8) is 0 Å². The van der Waals surface area contributed by atoms with Crippen LogP contribution in [0, 0.1) is 14.0 Å². The predicted octanol–water partition coefficient (Wildman–Crippen LogP) is 0.988. The van der Waals surface area contributed by atoms with Crippen molar-refractivity contribution in [1.82, 2.24) is 0 Å². The Morgan fingerprint density at radius 1 is 1.29 bits per heavy atom. The van der Waals surface area contributed by atoms with Gasteiger partial charge in [-0.2, -0.15) is 6.92 Å². The van der Waals surface area contributed by atoms with Gasteiger partial charge < -0.3 is 12.5 Å². The molecule has 0 radical (unpaired) electrons. The second-order valence-electron chi connectivity index (χ2n) is 0.258. The van der Waals surface area contributed by atoms with Crippen LogP contribution in [0.5, 0.6) is 0 Å². The van der Waals surface area contributed by atoms with Gasteiger partial charge >= 0.3 is 21.1 Å². The Bertz CT molecular complexity index is 12.9. The number of aliphatic hydroxyl groups is 1. The molecule has 0 aliphatic rings. The van der Waals surface area contributed by atoms with E-state index in [1.165, 1.54) is 0 Å². The number of aliphatic hydroxyl groups excluding tert-OH is 1. The van der Waals surface area contributed by atoms with E-state index in [-0.39, 0.29) is 28.5 Å². The van der Waals surface area contributed by atoms with Gasteiger partial charge in [-0.1, -0.05) is 0 Å². The van der Waals surface area contributed by atoms with E-state index in [1.54, 1.807) is 6.92 Å². The molecular weight excluding hydrogens is 770 g/mol. The maximum atomic E-state index is 7.44. The average Bonchev–Trinajstić information content (AvgIpc) is 0.918. The molecule has 0 heterocycles. The molecule has 0 aromatic heterocycles. The molecule has 0 aliphatic carbocycles. The van der Waals surface area contributed by atoms with Gasteiger partial charge in [0.1, 0.15) is 0 Å². The zero-order chi connectivity index (χ0) is 2.71. The standard InChI is InChI=1S/C2H5O.CH3.2Rf.W/c1-2-3;;;;/h2-3H,1H3;1H3;;;/q2*-1;;;+2. The molecule has 0 spiro atoms. The maximum absolute atomic E-state index is 7.44. The Hall–Kier alpha value is -1.35. The summed E-state index contributed by atoms with van der Waals surface area (Å²) in [5, 5.41) is 7.44. The van der Waals surface area contributed by atoms with Crippen LogP contribution in [0.3, 0.4) is 0 Å². The first kappa shape index (κ1) is 290. The fourth-order valence-electron chi connectivity index (χ4n) is 0. The van der Waals surface area contributed by atoms with E-state index < -0.39 is 0 Å². The van der Waals surface area contributed by atoms with Gasteiger partial charge in [0.25, 0.3) is 0 Å². The first-order chi connectivity index (χ1) is 1.41. The number of rotatable bonds is 0. The quantitative estimate of drug-likeness (QED) is 0.365. The van der Waals surface area contributed by atoms with Gasteiger partial charge in [0, 0.05) is 0 Å². The van der Waals surface area contributed by atoms with Crippen LogP contribution in [0.2, 0.25) is 0 Å². The summed E-state index contributed by atoms with van der Waals surface area (Å²) in [4.78, 5) is 0. The van der Waals surface area contributed by atoms with Gasteiger partial charge in [-0.15, -0.1) is 0 Å². The fourth-order valence-corrected chi connectivity index (χ4v) is 0. The van der Waals surface area contributed by atoms with E-state index in [2.05, 4.69) is 0 Å². The van der Waals surface area contributed by atoms with E-state index in [0.717, 1.165) is 6.61 Å². The van der Waals surface area contributed by atoms with Crippen molar-refractivity contribution in [3.05, 3.63) is 14.0 Å². The van der Waals surface area contributed by atoms with Gasteiger partial charge in [0.15, 0.2) is 0 Å². The summed E-state index contributed by atoms with van der Waals surface area (Å²) in [6.45, 7) is 2.56. The summed E-state index contributed by atoms with van der Waals surface area (Å²) in [5.74, 6) is 0. The average molecular weight is 778 g/mol. The second kappa shape index (κ2) is 500. The molecule has 36 valence electrons. The molecule has 0 rings (SSSR count). The predicted molar refractivity (Wildman–Crippen MR) is 18.3 cm³/mol. The van der Waals surface area contributed by atoms with E-state index in [9.17, 15) is 0 Å². The second-order valence-corrected chi connectivity index (χ2v) is 0.258. The van der Waals surface area contributed by atoms with Gasteiger partial charge in [0.2, 0.25) is 0 Å². The Labute approximate surface area is 47.7 Å².